The summed E-state index contributed by atoms with van der Waals surface area (Å²) in [6, 6.07) is 0. The van der Waals surface area contributed by atoms with Crippen LogP contribution in [0.4, 0.5) is 0 Å². The first-order valence-corrected chi connectivity index (χ1v) is 15.8. The number of carbonyl (C=O) groups excluding carboxylic acids is 1. The van der Waals surface area contributed by atoms with Gasteiger partial charge in [-0.05, 0) is 68.6 Å². The lowest BCUT2D eigenvalue weighted by molar-refractivity contribution is -0.175. The van der Waals surface area contributed by atoms with Gasteiger partial charge in [0, 0.05) is 0 Å². The van der Waals surface area contributed by atoms with Crippen molar-refractivity contribution in [2.45, 2.75) is 168 Å². The predicted molar refractivity (Wildman–Crippen MR) is 145 cm³/mol. The van der Waals surface area contributed by atoms with Gasteiger partial charge in [0.1, 0.15) is 0 Å². The zero-order valence-corrected chi connectivity index (χ0v) is 23.1. The van der Waals surface area contributed by atoms with Crippen LogP contribution in [0.2, 0.25) is 0 Å². The van der Waals surface area contributed by atoms with Gasteiger partial charge in [0.2, 0.25) is 0 Å². The van der Waals surface area contributed by atoms with Crippen molar-refractivity contribution in [3.63, 3.8) is 0 Å². The summed E-state index contributed by atoms with van der Waals surface area (Å²) in [6.45, 7) is 5.22. The van der Waals surface area contributed by atoms with Gasteiger partial charge in [0.05, 0.1) is 12.0 Å². The number of carbonyl (C=O) groups is 1. The Kier molecular flexibility index (Phi) is 12.3. The molecule has 3 aliphatic carbocycles. The molecule has 2 nitrogen and oxygen atoms in total. The van der Waals surface area contributed by atoms with Crippen molar-refractivity contribution in [1.29, 1.82) is 0 Å². The quantitative estimate of drug-likeness (QED) is 0.185. The summed E-state index contributed by atoms with van der Waals surface area (Å²) >= 11 is 0. The van der Waals surface area contributed by atoms with Crippen molar-refractivity contribution in [3.8, 4) is 0 Å². The molecule has 0 aromatic rings. The molecule has 3 fully saturated rings. The van der Waals surface area contributed by atoms with Crippen molar-refractivity contribution in [2.75, 3.05) is 6.61 Å². The van der Waals surface area contributed by atoms with E-state index in [-0.39, 0.29) is 16.8 Å². The molecule has 198 valence electrons. The molecule has 3 aliphatic rings. The average Bonchev–Trinajstić information content (AvgIpc) is 2.89. The number of esters is 1. The molecule has 0 amide bonds. The van der Waals surface area contributed by atoms with Crippen LogP contribution in [0.5, 0.6) is 0 Å². The molecule has 0 unspecified atom stereocenters. The summed E-state index contributed by atoms with van der Waals surface area (Å²) in [5.41, 5.74) is 0.0318. The third-order valence-electron chi connectivity index (χ3n) is 10.4. The van der Waals surface area contributed by atoms with E-state index in [9.17, 15) is 4.79 Å². The first-order chi connectivity index (χ1) is 16.7. The normalized spacial score (nSPS) is 28.0. The summed E-state index contributed by atoms with van der Waals surface area (Å²) < 4.78 is 6.18. The third-order valence-corrected chi connectivity index (χ3v) is 10.4. The number of unbranched alkanes of at least 4 members (excludes halogenated alkanes) is 7. The highest BCUT2D eigenvalue weighted by molar-refractivity contribution is 5.78. The number of rotatable bonds is 14. The molecule has 3 rings (SSSR count). The Morgan fingerprint density at radius 2 is 1.21 bits per heavy atom. The fourth-order valence-corrected chi connectivity index (χ4v) is 8.24. The predicted octanol–water partition coefficient (Wildman–Crippen LogP) is 10.2. The second-order valence-corrected chi connectivity index (χ2v) is 12.5. The van der Waals surface area contributed by atoms with E-state index >= 15 is 0 Å². The van der Waals surface area contributed by atoms with Gasteiger partial charge in [0.25, 0.3) is 0 Å². The van der Waals surface area contributed by atoms with E-state index in [4.69, 9.17) is 4.74 Å². The molecule has 34 heavy (non-hydrogen) atoms. The van der Waals surface area contributed by atoms with Crippen LogP contribution in [0, 0.1) is 22.7 Å². The van der Waals surface area contributed by atoms with Crippen LogP contribution in [0.25, 0.3) is 0 Å². The molecule has 0 radical (unpaired) electrons. The largest absolute Gasteiger partial charge is 0.465 e. The van der Waals surface area contributed by atoms with E-state index in [0.29, 0.717) is 6.61 Å². The van der Waals surface area contributed by atoms with Crippen molar-refractivity contribution in [3.05, 3.63) is 0 Å². The lowest BCUT2D eigenvalue weighted by atomic mass is 9.49. The SMILES string of the molecule is CCCCCCCOC(=O)C1([C@]2(CCCCCC)CC[C@H](C3CCCCC3)CC2)CCCCC1. The molecule has 0 bridgehead atoms. The zero-order valence-electron chi connectivity index (χ0n) is 23.1. The lowest BCUT2D eigenvalue weighted by Crippen LogP contribution is -2.52. The maximum Gasteiger partial charge on any atom is 0.312 e. The third kappa shape index (κ3) is 7.25. The first kappa shape index (κ1) is 28.0. The molecule has 0 aromatic heterocycles. The van der Waals surface area contributed by atoms with Gasteiger partial charge in [-0.3, -0.25) is 4.79 Å². The zero-order chi connectivity index (χ0) is 24.1. The van der Waals surface area contributed by atoms with Gasteiger partial charge in [-0.15, -0.1) is 0 Å². The van der Waals surface area contributed by atoms with Gasteiger partial charge in [-0.2, -0.15) is 0 Å². The molecule has 0 heterocycles. The fourth-order valence-electron chi connectivity index (χ4n) is 8.24. The maximum absolute atomic E-state index is 14.0. The topological polar surface area (TPSA) is 26.3 Å². The van der Waals surface area contributed by atoms with Gasteiger partial charge in [0.15, 0.2) is 0 Å². The monoisotopic (exact) mass is 474 g/mol. The summed E-state index contributed by atoms with van der Waals surface area (Å²) in [7, 11) is 0. The minimum absolute atomic E-state index is 0.182. The Balaban J connectivity index is 1.70. The molecule has 0 spiro atoms. The highest BCUT2D eigenvalue weighted by atomic mass is 16.5. The van der Waals surface area contributed by atoms with E-state index in [0.717, 1.165) is 31.1 Å². The van der Waals surface area contributed by atoms with Crippen LogP contribution in [-0.4, -0.2) is 12.6 Å². The van der Waals surface area contributed by atoms with Crippen molar-refractivity contribution in [2.24, 2.45) is 22.7 Å². The fraction of sp³-hybridized carbons (Fsp3) is 0.969. The highest BCUT2D eigenvalue weighted by Crippen LogP contribution is 2.61. The van der Waals surface area contributed by atoms with Crippen LogP contribution >= 0.6 is 0 Å². The van der Waals surface area contributed by atoms with Gasteiger partial charge >= 0.3 is 5.97 Å². The standard InChI is InChI=1S/C32H58O2/c1-3-5-7-9-17-27-34-30(33)32(23-15-11-16-24-32)31(22-14-8-6-4-2)25-20-29(21-26-31)28-18-12-10-13-19-28/h28-29H,3-27H2,1-2H3/t29-,31+. The van der Waals surface area contributed by atoms with E-state index in [1.165, 1.54) is 135 Å². The van der Waals surface area contributed by atoms with E-state index in [1.807, 2.05) is 0 Å². The van der Waals surface area contributed by atoms with Crippen LogP contribution in [0.3, 0.4) is 0 Å². The average molecular weight is 475 g/mol. The molecular weight excluding hydrogens is 416 g/mol. The molecule has 0 atom stereocenters. The smallest absolute Gasteiger partial charge is 0.312 e. The second-order valence-electron chi connectivity index (χ2n) is 12.5. The van der Waals surface area contributed by atoms with Crippen molar-refractivity contribution < 1.29 is 9.53 Å². The minimum Gasteiger partial charge on any atom is -0.465 e. The summed E-state index contributed by atoms with van der Waals surface area (Å²) in [5.74, 6) is 2.12. The lowest BCUT2D eigenvalue weighted by Gasteiger charge is -2.55. The molecule has 0 saturated heterocycles. The Hall–Kier alpha value is -0.530. The van der Waals surface area contributed by atoms with Crippen LogP contribution in [0.1, 0.15) is 168 Å². The molecule has 3 saturated carbocycles. The summed E-state index contributed by atoms with van der Waals surface area (Å²) in [6.07, 6.45) is 31.3. The first-order valence-electron chi connectivity index (χ1n) is 15.8. The van der Waals surface area contributed by atoms with Crippen molar-refractivity contribution >= 4 is 5.97 Å². The second kappa shape index (κ2) is 14.9. The Morgan fingerprint density at radius 3 is 1.85 bits per heavy atom. The van der Waals surface area contributed by atoms with Crippen LogP contribution < -0.4 is 0 Å². The molecule has 0 N–H and O–H groups in total. The Labute approximate surface area is 212 Å². The van der Waals surface area contributed by atoms with Gasteiger partial charge < -0.3 is 4.74 Å². The number of ether oxygens (including phenoxy) is 1. The molecule has 0 aliphatic heterocycles. The summed E-state index contributed by atoms with van der Waals surface area (Å²) in [4.78, 5) is 14.0. The highest BCUT2D eigenvalue weighted by Gasteiger charge is 2.57. The Bertz CT molecular complexity index is 547. The van der Waals surface area contributed by atoms with Gasteiger partial charge in [-0.25, -0.2) is 0 Å². The van der Waals surface area contributed by atoms with Crippen LogP contribution in [0.15, 0.2) is 0 Å². The van der Waals surface area contributed by atoms with E-state index in [1.54, 1.807) is 0 Å². The number of hydrogen-bond donors (Lipinski definition) is 0. The molecular formula is C32H58O2. The Morgan fingerprint density at radius 1 is 0.647 bits per heavy atom. The van der Waals surface area contributed by atoms with E-state index < -0.39 is 0 Å². The van der Waals surface area contributed by atoms with Gasteiger partial charge in [-0.1, -0.05) is 117 Å². The molecule has 0 aromatic carbocycles. The van der Waals surface area contributed by atoms with Crippen LogP contribution in [-0.2, 0) is 9.53 Å². The summed E-state index contributed by atoms with van der Waals surface area (Å²) in [5, 5.41) is 0. The number of hydrogen-bond acceptors (Lipinski definition) is 2. The van der Waals surface area contributed by atoms with Crippen molar-refractivity contribution in [1.82, 2.24) is 0 Å². The minimum atomic E-state index is -0.182. The molecule has 2 heteroatoms. The van der Waals surface area contributed by atoms with E-state index in [2.05, 4.69) is 13.8 Å². The maximum atomic E-state index is 14.0.